The van der Waals surface area contributed by atoms with Gasteiger partial charge < -0.3 is 5.32 Å². The van der Waals surface area contributed by atoms with Crippen LogP contribution in [0.15, 0.2) is 90.6 Å². The third-order valence-electron chi connectivity index (χ3n) is 4.46. The van der Waals surface area contributed by atoms with Gasteiger partial charge in [0.15, 0.2) is 5.78 Å². The van der Waals surface area contributed by atoms with Gasteiger partial charge in [0.25, 0.3) is 0 Å². The minimum atomic E-state index is -0.466. The Labute approximate surface area is 145 Å². The average Bonchev–Trinajstić information content (AvgIpc) is 2.95. The SMILES string of the molecule is O=C1/C(=C/Nc2ccccc2)C(c2ccccc2)c2cccc(F)c21. The molecule has 0 saturated heterocycles. The fourth-order valence-corrected chi connectivity index (χ4v) is 3.31. The second kappa shape index (κ2) is 6.36. The standard InChI is InChI=1S/C22H16FNO/c23-19-13-7-12-17-20(15-8-3-1-4-9-15)18(22(25)21(17)19)14-24-16-10-5-2-6-11-16/h1-14,20,24H/b18-14+. The molecular weight excluding hydrogens is 313 g/mol. The normalized spacial score (nSPS) is 17.6. The van der Waals surface area contributed by atoms with E-state index in [2.05, 4.69) is 5.32 Å². The molecule has 122 valence electrons. The number of hydrogen-bond donors (Lipinski definition) is 1. The fraction of sp³-hybridized carbons (Fsp3) is 0.0455. The maximum Gasteiger partial charge on any atom is 0.194 e. The van der Waals surface area contributed by atoms with Gasteiger partial charge in [0.1, 0.15) is 5.82 Å². The molecule has 0 saturated carbocycles. The van der Waals surface area contributed by atoms with Crippen LogP contribution in [0.1, 0.15) is 27.4 Å². The number of halogens is 1. The van der Waals surface area contributed by atoms with E-state index in [1.165, 1.54) is 6.07 Å². The number of hydrogen-bond acceptors (Lipinski definition) is 2. The average molecular weight is 329 g/mol. The zero-order valence-electron chi connectivity index (χ0n) is 13.4. The molecule has 3 heteroatoms. The van der Waals surface area contributed by atoms with Gasteiger partial charge in [-0.25, -0.2) is 4.39 Å². The Hall–Kier alpha value is -3.20. The van der Waals surface area contributed by atoms with Gasteiger partial charge in [-0.05, 0) is 29.3 Å². The molecule has 4 rings (SSSR count). The minimum Gasteiger partial charge on any atom is -0.361 e. The minimum absolute atomic E-state index is 0.178. The second-order valence-electron chi connectivity index (χ2n) is 5.99. The molecule has 3 aromatic carbocycles. The lowest BCUT2D eigenvalue weighted by molar-refractivity contribution is 0.103. The summed E-state index contributed by atoms with van der Waals surface area (Å²) in [6.07, 6.45) is 1.70. The van der Waals surface area contributed by atoms with Crippen molar-refractivity contribution in [3.8, 4) is 0 Å². The summed E-state index contributed by atoms with van der Waals surface area (Å²) < 4.78 is 14.3. The van der Waals surface area contributed by atoms with E-state index in [-0.39, 0.29) is 17.3 Å². The van der Waals surface area contributed by atoms with E-state index in [9.17, 15) is 9.18 Å². The highest BCUT2D eigenvalue weighted by Gasteiger charge is 2.37. The first-order valence-corrected chi connectivity index (χ1v) is 8.15. The van der Waals surface area contributed by atoms with Crippen molar-refractivity contribution in [3.05, 3.63) is 113 Å². The molecule has 25 heavy (non-hydrogen) atoms. The quantitative estimate of drug-likeness (QED) is 0.673. The number of carbonyl (C=O) groups is 1. The van der Waals surface area contributed by atoms with Crippen LogP contribution >= 0.6 is 0 Å². The lowest BCUT2D eigenvalue weighted by atomic mass is 9.90. The number of carbonyl (C=O) groups excluding carboxylic acids is 1. The molecule has 0 aliphatic heterocycles. The number of allylic oxidation sites excluding steroid dienone is 1. The molecule has 0 heterocycles. The summed E-state index contributed by atoms with van der Waals surface area (Å²) in [5.74, 6) is -0.993. The van der Waals surface area contributed by atoms with Crippen LogP contribution in [-0.4, -0.2) is 5.78 Å². The van der Waals surface area contributed by atoms with Gasteiger partial charge in [0.05, 0.1) is 5.56 Å². The summed E-state index contributed by atoms with van der Waals surface area (Å²) in [5, 5.41) is 3.17. The molecule has 1 aliphatic rings. The van der Waals surface area contributed by atoms with Crippen LogP contribution in [-0.2, 0) is 0 Å². The van der Waals surface area contributed by atoms with Crippen LogP contribution in [0.5, 0.6) is 0 Å². The Kier molecular flexibility index (Phi) is 3.90. The molecule has 0 radical (unpaired) electrons. The lowest BCUT2D eigenvalue weighted by Gasteiger charge is -2.14. The topological polar surface area (TPSA) is 29.1 Å². The maximum absolute atomic E-state index is 14.3. The molecule has 1 unspecified atom stereocenters. The highest BCUT2D eigenvalue weighted by molar-refractivity contribution is 6.15. The van der Waals surface area contributed by atoms with Crippen molar-refractivity contribution in [1.82, 2.24) is 0 Å². The second-order valence-corrected chi connectivity index (χ2v) is 5.99. The van der Waals surface area contributed by atoms with Crippen molar-refractivity contribution in [2.45, 2.75) is 5.92 Å². The largest absolute Gasteiger partial charge is 0.361 e. The molecule has 1 aliphatic carbocycles. The lowest BCUT2D eigenvalue weighted by Crippen LogP contribution is -2.05. The molecule has 0 spiro atoms. The van der Waals surface area contributed by atoms with Gasteiger partial charge in [0, 0.05) is 23.4 Å². The predicted octanol–water partition coefficient (Wildman–Crippen LogP) is 5.15. The summed E-state index contributed by atoms with van der Waals surface area (Å²) in [6.45, 7) is 0. The first kappa shape index (κ1) is 15.3. The zero-order chi connectivity index (χ0) is 17.2. The Morgan fingerprint density at radius 2 is 1.52 bits per heavy atom. The van der Waals surface area contributed by atoms with E-state index in [1.54, 1.807) is 12.3 Å². The molecule has 1 atom stereocenters. The van der Waals surface area contributed by atoms with Gasteiger partial charge in [-0.3, -0.25) is 4.79 Å². The van der Waals surface area contributed by atoms with Gasteiger partial charge >= 0.3 is 0 Å². The van der Waals surface area contributed by atoms with Crippen molar-refractivity contribution in [1.29, 1.82) is 0 Å². The molecule has 0 aromatic heterocycles. The first-order chi connectivity index (χ1) is 12.3. The number of ketones is 1. The van der Waals surface area contributed by atoms with Crippen LogP contribution in [0.4, 0.5) is 10.1 Å². The van der Waals surface area contributed by atoms with E-state index in [1.807, 2.05) is 66.7 Å². The first-order valence-electron chi connectivity index (χ1n) is 8.15. The van der Waals surface area contributed by atoms with Gasteiger partial charge in [-0.2, -0.15) is 0 Å². The molecule has 0 bridgehead atoms. The number of nitrogens with one attached hydrogen (secondary N) is 1. The van der Waals surface area contributed by atoms with Gasteiger partial charge in [0.2, 0.25) is 0 Å². The van der Waals surface area contributed by atoms with Gasteiger partial charge in [-0.1, -0.05) is 60.7 Å². The maximum atomic E-state index is 14.3. The highest BCUT2D eigenvalue weighted by atomic mass is 19.1. The molecule has 3 aromatic rings. The Morgan fingerprint density at radius 3 is 2.24 bits per heavy atom. The molecule has 0 fully saturated rings. The molecule has 0 amide bonds. The van der Waals surface area contributed by atoms with Crippen LogP contribution in [0.3, 0.4) is 0 Å². The number of rotatable bonds is 3. The van der Waals surface area contributed by atoms with Crippen molar-refractivity contribution in [2.24, 2.45) is 0 Å². The highest BCUT2D eigenvalue weighted by Crippen LogP contribution is 2.42. The van der Waals surface area contributed by atoms with Crippen molar-refractivity contribution >= 4 is 11.5 Å². The Bertz CT molecular complexity index is 948. The number of para-hydroxylation sites is 1. The summed E-state index contributed by atoms with van der Waals surface area (Å²) in [4.78, 5) is 12.9. The zero-order valence-corrected chi connectivity index (χ0v) is 13.4. The molecular formula is C22H16FNO. The number of anilines is 1. The van der Waals surface area contributed by atoms with Crippen LogP contribution in [0.2, 0.25) is 0 Å². The number of benzene rings is 3. The Balaban J connectivity index is 1.82. The monoisotopic (exact) mass is 329 g/mol. The van der Waals surface area contributed by atoms with E-state index in [0.717, 1.165) is 16.8 Å². The summed E-state index contributed by atoms with van der Waals surface area (Å²) in [7, 11) is 0. The molecule has 1 N–H and O–H groups in total. The molecule has 2 nitrogen and oxygen atoms in total. The third-order valence-corrected chi connectivity index (χ3v) is 4.46. The van der Waals surface area contributed by atoms with E-state index in [4.69, 9.17) is 0 Å². The van der Waals surface area contributed by atoms with E-state index >= 15 is 0 Å². The summed E-state index contributed by atoms with van der Waals surface area (Å²) in [5.41, 5.74) is 3.30. The smallest absolute Gasteiger partial charge is 0.194 e. The van der Waals surface area contributed by atoms with E-state index in [0.29, 0.717) is 5.57 Å². The van der Waals surface area contributed by atoms with Crippen LogP contribution < -0.4 is 5.32 Å². The third kappa shape index (κ3) is 2.74. The summed E-state index contributed by atoms with van der Waals surface area (Å²) in [6, 6.07) is 24.1. The van der Waals surface area contributed by atoms with Crippen molar-refractivity contribution < 1.29 is 9.18 Å². The predicted molar refractivity (Wildman–Crippen MR) is 97.2 cm³/mol. The van der Waals surface area contributed by atoms with Crippen LogP contribution in [0.25, 0.3) is 0 Å². The van der Waals surface area contributed by atoms with Gasteiger partial charge in [-0.15, -0.1) is 0 Å². The Morgan fingerprint density at radius 1 is 0.840 bits per heavy atom. The number of Topliss-reactive ketones (excluding diaryl/α,β-unsaturated/α-hetero) is 1. The fourth-order valence-electron chi connectivity index (χ4n) is 3.31. The van der Waals surface area contributed by atoms with Crippen molar-refractivity contribution in [2.75, 3.05) is 5.32 Å². The van der Waals surface area contributed by atoms with Crippen molar-refractivity contribution in [3.63, 3.8) is 0 Å². The van der Waals surface area contributed by atoms with Crippen LogP contribution in [0, 0.1) is 5.82 Å². The summed E-state index contributed by atoms with van der Waals surface area (Å²) >= 11 is 0. The number of fused-ring (bicyclic) bond motifs is 1. The van der Waals surface area contributed by atoms with E-state index < -0.39 is 5.82 Å².